The van der Waals surface area contributed by atoms with Gasteiger partial charge in [0.2, 0.25) is 5.91 Å². The van der Waals surface area contributed by atoms with Gasteiger partial charge in [0.25, 0.3) is 0 Å². The lowest BCUT2D eigenvalue weighted by molar-refractivity contribution is -0.116. The van der Waals surface area contributed by atoms with Crippen LogP contribution in [0.4, 0.5) is 5.69 Å². The van der Waals surface area contributed by atoms with Crippen LogP contribution in [-0.2, 0) is 11.3 Å². The van der Waals surface area contributed by atoms with Gasteiger partial charge < -0.3 is 16.0 Å². The molecule has 6 nitrogen and oxygen atoms in total. The Morgan fingerprint density at radius 2 is 2.07 bits per heavy atom. The maximum absolute atomic E-state index is 11.9. The first-order valence-electron chi connectivity index (χ1n) is 8.52. The molecule has 0 spiro atoms. The summed E-state index contributed by atoms with van der Waals surface area (Å²) in [5.41, 5.74) is 3.66. The molecule has 1 aliphatic heterocycles. The van der Waals surface area contributed by atoms with Crippen LogP contribution < -0.4 is 16.0 Å². The molecule has 0 bridgehead atoms. The van der Waals surface area contributed by atoms with E-state index in [2.05, 4.69) is 27.0 Å². The van der Waals surface area contributed by atoms with Crippen molar-refractivity contribution in [3.8, 4) is 6.07 Å². The molecule has 1 aliphatic rings. The summed E-state index contributed by atoms with van der Waals surface area (Å²) in [5, 5.41) is 18.4. The van der Waals surface area contributed by atoms with Crippen molar-refractivity contribution >= 4 is 41.5 Å². The molecule has 0 saturated carbocycles. The van der Waals surface area contributed by atoms with Crippen LogP contribution in [0.1, 0.15) is 29.0 Å². The molecule has 2 aromatic rings. The summed E-state index contributed by atoms with van der Waals surface area (Å²) >= 11 is 0. The molecule has 0 aliphatic carbocycles. The Hall–Kier alpha value is -2.60. The number of carbonyl (C=O) groups is 1. The molecule has 27 heavy (non-hydrogen) atoms. The molecule has 1 atom stereocenters. The van der Waals surface area contributed by atoms with E-state index in [-0.39, 0.29) is 35.8 Å². The zero-order chi connectivity index (χ0) is 18.4. The summed E-state index contributed by atoms with van der Waals surface area (Å²) in [6.07, 6.45) is 0.450. The largest absolute Gasteiger partial charge is 0.356 e. The predicted molar refractivity (Wildman–Crippen MR) is 117 cm³/mol. The number of guanidine groups is 1. The lowest BCUT2D eigenvalue weighted by Crippen LogP contribution is -2.40. The maximum Gasteiger partial charge on any atom is 0.225 e. The minimum absolute atomic E-state index is 0. The topological polar surface area (TPSA) is 89.3 Å². The molecule has 2 aromatic carbocycles. The summed E-state index contributed by atoms with van der Waals surface area (Å²) in [5.74, 6) is 0.794. The molecular weight excluding hydrogens is 453 g/mol. The molecular formula is C20H22IN5O. The van der Waals surface area contributed by atoms with Gasteiger partial charge in [-0.25, -0.2) is 0 Å². The average molecular weight is 475 g/mol. The van der Waals surface area contributed by atoms with E-state index in [1.807, 2.05) is 42.5 Å². The Morgan fingerprint density at radius 1 is 1.26 bits per heavy atom. The van der Waals surface area contributed by atoms with Gasteiger partial charge in [-0.3, -0.25) is 9.79 Å². The number of anilines is 1. The Balaban J connectivity index is 0.00000261. The fourth-order valence-corrected chi connectivity index (χ4v) is 3.06. The number of nitriles is 1. The molecule has 3 rings (SSSR count). The number of fused-ring (bicyclic) bond motifs is 1. The average Bonchev–Trinajstić information content (AvgIpc) is 2.68. The SMILES string of the molecule is CN=C(NCc1cccc(C#N)c1)NCC1CC(=O)Nc2ccccc21.I. The molecule has 0 radical (unpaired) electrons. The zero-order valence-corrected chi connectivity index (χ0v) is 17.4. The second-order valence-electron chi connectivity index (χ2n) is 6.16. The summed E-state index contributed by atoms with van der Waals surface area (Å²) < 4.78 is 0. The lowest BCUT2D eigenvalue weighted by atomic mass is 9.90. The fourth-order valence-electron chi connectivity index (χ4n) is 3.06. The normalized spacial score (nSPS) is 15.6. The molecule has 0 aromatic heterocycles. The molecule has 7 heteroatoms. The lowest BCUT2D eigenvalue weighted by Gasteiger charge is -2.26. The highest BCUT2D eigenvalue weighted by molar-refractivity contribution is 14.0. The number of amides is 1. The van der Waals surface area contributed by atoms with Crippen molar-refractivity contribution in [1.82, 2.24) is 10.6 Å². The van der Waals surface area contributed by atoms with Crippen molar-refractivity contribution in [3.05, 3.63) is 65.2 Å². The minimum atomic E-state index is 0. The fraction of sp³-hybridized carbons (Fsp3) is 0.250. The second kappa shape index (κ2) is 9.92. The maximum atomic E-state index is 11.9. The first-order valence-corrected chi connectivity index (χ1v) is 8.52. The van der Waals surface area contributed by atoms with Crippen molar-refractivity contribution in [3.63, 3.8) is 0 Å². The van der Waals surface area contributed by atoms with Gasteiger partial charge in [-0.05, 0) is 29.3 Å². The third kappa shape index (κ3) is 5.44. The number of hydrogen-bond donors (Lipinski definition) is 3. The number of aliphatic imine (C=N–C) groups is 1. The first-order chi connectivity index (χ1) is 12.7. The quantitative estimate of drug-likeness (QED) is 0.361. The summed E-state index contributed by atoms with van der Waals surface area (Å²) in [7, 11) is 1.71. The van der Waals surface area contributed by atoms with E-state index < -0.39 is 0 Å². The van der Waals surface area contributed by atoms with E-state index in [1.165, 1.54) is 0 Å². The Morgan fingerprint density at radius 3 is 2.85 bits per heavy atom. The highest BCUT2D eigenvalue weighted by Crippen LogP contribution is 2.31. The van der Waals surface area contributed by atoms with Gasteiger partial charge in [0, 0.05) is 38.2 Å². The van der Waals surface area contributed by atoms with Crippen LogP contribution in [0.25, 0.3) is 0 Å². The number of rotatable bonds is 4. The number of hydrogen-bond acceptors (Lipinski definition) is 3. The van der Waals surface area contributed by atoms with Gasteiger partial charge in [-0.1, -0.05) is 30.3 Å². The highest BCUT2D eigenvalue weighted by Gasteiger charge is 2.24. The number of halogens is 1. The van der Waals surface area contributed by atoms with Crippen LogP contribution >= 0.6 is 24.0 Å². The number of benzene rings is 2. The minimum Gasteiger partial charge on any atom is -0.356 e. The third-order valence-electron chi connectivity index (χ3n) is 4.36. The van der Waals surface area contributed by atoms with Gasteiger partial charge in [0.1, 0.15) is 0 Å². The summed E-state index contributed by atoms with van der Waals surface area (Å²) in [6.45, 7) is 1.18. The number of nitrogens with zero attached hydrogens (tertiary/aromatic N) is 2. The molecule has 1 amide bonds. The molecule has 0 saturated heterocycles. The van der Waals surface area contributed by atoms with E-state index >= 15 is 0 Å². The van der Waals surface area contributed by atoms with Gasteiger partial charge in [-0.2, -0.15) is 5.26 Å². The van der Waals surface area contributed by atoms with Crippen molar-refractivity contribution in [2.24, 2.45) is 4.99 Å². The van der Waals surface area contributed by atoms with Gasteiger partial charge in [-0.15, -0.1) is 24.0 Å². The van der Waals surface area contributed by atoms with E-state index in [4.69, 9.17) is 5.26 Å². The van der Waals surface area contributed by atoms with Crippen LogP contribution in [0, 0.1) is 11.3 Å². The van der Waals surface area contributed by atoms with Crippen LogP contribution in [0.2, 0.25) is 0 Å². The van der Waals surface area contributed by atoms with E-state index in [0.717, 1.165) is 16.8 Å². The predicted octanol–water partition coefficient (Wildman–Crippen LogP) is 2.97. The standard InChI is InChI=1S/C20H21N5O.HI/c1-22-20(23-12-15-6-4-5-14(9-15)11-21)24-13-16-10-19(26)25-18-8-3-2-7-17(16)18;/h2-9,16H,10,12-13H2,1H3,(H,25,26)(H2,22,23,24);1H. The van der Waals surface area contributed by atoms with Crippen molar-refractivity contribution in [2.75, 3.05) is 18.9 Å². The number of nitrogens with one attached hydrogen (secondary N) is 3. The number of para-hydroxylation sites is 1. The summed E-state index contributed by atoms with van der Waals surface area (Å²) in [6, 6.07) is 17.5. The molecule has 1 unspecified atom stereocenters. The monoisotopic (exact) mass is 475 g/mol. The van der Waals surface area contributed by atoms with Gasteiger partial charge >= 0.3 is 0 Å². The van der Waals surface area contributed by atoms with Crippen LogP contribution in [0.5, 0.6) is 0 Å². The molecule has 0 fully saturated rings. The Bertz CT molecular complexity index is 875. The van der Waals surface area contributed by atoms with Crippen molar-refractivity contribution in [1.29, 1.82) is 5.26 Å². The van der Waals surface area contributed by atoms with Crippen LogP contribution in [0.15, 0.2) is 53.5 Å². The Labute approximate surface area is 176 Å². The van der Waals surface area contributed by atoms with Crippen LogP contribution in [0.3, 0.4) is 0 Å². The number of carbonyl (C=O) groups excluding carboxylic acids is 1. The van der Waals surface area contributed by atoms with Gasteiger partial charge in [0.15, 0.2) is 5.96 Å². The zero-order valence-electron chi connectivity index (χ0n) is 15.0. The van der Waals surface area contributed by atoms with Gasteiger partial charge in [0.05, 0.1) is 11.6 Å². The molecule has 140 valence electrons. The van der Waals surface area contributed by atoms with E-state index in [9.17, 15) is 4.79 Å². The smallest absolute Gasteiger partial charge is 0.225 e. The highest BCUT2D eigenvalue weighted by atomic mass is 127. The second-order valence-corrected chi connectivity index (χ2v) is 6.16. The summed E-state index contributed by atoms with van der Waals surface area (Å²) in [4.78, 5) is 16.1. The molecule has 3 N–H and O–H groups in total. The molecule has 1 heterocycles. The third-order valence-corrected chi connectivity index (χ3v) is 4.36. The first kappa shape index (κ1) is 20.7. The van der Waals surface area contributed by atoms with E-state index in [1.54, 1.807) is 13.1 Å². The Kier molecular flexibility index (Phi) is 7.61. The van der Waals surface area contributed by atoms with Crippen molar-refractivity contribution < 1.29 is 4.79 Å². The van der Waals surface area contributed by atoms with Crippen LogP contribution in [-0.4, -0.2) is 25.5 Å². The van der Waals surface area contributed by atoms with Crippen molar-refractivity contribution in [2.45, 2.75) is 18.9 Å². The van der Waals surface area contributed by atoms with E-state index in [0.29, 0.717) is 31.0 Å².